The Kier molecular flexibility index (Phi) is 5.53. The van der Waals surface area contributed by atoms with Crippen molar-refractivity contribution < 1.29 is 4.74 Å². The number of thiophene rings is 1. The average Bonchev–Trinajstić information content (AvgIpc) is 3.02. The van der Waals surface area contributed by atoms with E-state index in [4.69, 9.17) is 16.3 Å². The predicted octanol–water partition coefficient (Wildman–Crippen LogP) is 2.49. The van der Waals surface area contributed by atoms with Crippen LogP contribution in [0.1, 0.15) is 23.3 Å². The van der Waals surface area contributed by atoms with Gasteiger partial charge >= 0.3 is 0 Å². The molecule has 3 aliphatic rings. The Balaban J connectivity index is 1.49. The van der Waals surface area contributed by atoms with Gasteiger partial charge in [0.2, 0.25) is 0 Å². The van der Waals surface area contributed by atoms with Crippen molar-refractivity contribution in [2.45, 2.75) is 25.4 Å². The Morgan fingerprint density at radius 2 is 2.00 bits per heavy atom. The highest BCUT2D eigenvalue weighted by molar-refractivity contribution is 7.16. The summed E-state index contributed by atoms with van der Waals surface area (Å²) in [6.45, 7) is 7.83. The average molecular weight is 383 g/mol. The zero-order valence-electron chi connectivity index (χ0n) is 14.8. The molecule has 0 radical (unpaired) electrons. The molecule has 4 heterocycles. The van der Waals surface area contributed by atoms with Gasteiger partial charge in [0.15, 0.2) is 0 Å². The molecular weight excluding hydrogens is 356 g/mol. The minimum Gasteiger partial charge on any atom is -0.378 e. The lowest BCUT2D eigenvalue weighted by Crippen LogP contribution is -2.45. The highest BCUT2D eigenvalue weighted by Crippen LogP contribution is 2.37. The number of hydrogen-bond acceptors (Lipinski definition) is 6. The summed E-state index contributed by atoms with van der Waals surface area (Å²) in [6.07, 6.45) is 4.82. The summed E-state index contributed by atoms with van der Waals surface area (Å²) in [4.78, 5) is 8.87. The van der Waals surface area contributed by atoms with Crippen molar-refractivity contribution in [3.8, 4) is 0 Å². The number of nitrogens with zero attached hydrogens (tertiary/aromatic N) is 3. The molecule has 0 spiro atoms. The Morgan fingerprint density at radius 1 is 1.24 bits per heavy atom. The van der Waals surface area contributed by atoms with Crippen molar-refractivity contribution in [1.82, 2.24) is 20.0 Å². The minimum absolute atomic E-state index is 0.680. The molecule has 2 saturated heterocycles. The Labute approximate surface area is 159 Å². The summed E-state index contributed by atoms with van der Waals surface area (Å²) in [6, 6.07) is 2.82. The molecule has 0 aromatic carbocycles. The molecule has 1 aromatic rings. The van der Waals surface area contributed by atoms with Gasteiger partial charge in [0, 0.05) is 48.9 Å². The first-order chi connectivity index (χ1) is 12.2. The highest BCUT2D eigenvalue weighted by Gasteiger charge is 2.27. The van der Waals surface area contributed by atoms with Crippen LogP contribution in [-0.2, 0) is 11.3 Å². The van der Waals surface area contributed by atoms with Crippen LogP contribution in [0.15, 0.2) is 12.3 Å². The summed E-state index contributed by atoms with van der Waals surface area (Å²) in [5.41, 5.74) is 2.64. The third-order valence-electron chi connectivity index (χ3n) is 5.44. The molecule has 7 heteroatoms. The molecule has 1 N–H and O–H groups in total. The van der Waals surface area contributed by atoms with Crippen LogP contribution >= 0.6 is 22.9 Å². The molecule has 4 rings (SSSR count). The molecule has 5 nitrogen and oxygen atoms in total. The van der Waals surface area contributed by atoms with E-state index in [-0.39, 0.29) is 0 Å². The zero-order valence-corrected chi connectivity index (χ0v) is 16.4. The van der Waals surface area contributed by atoms with Gasteiger partial charge in [-0.05, 0) is 26.0 Å². The molecular formula is C18H27ClN4OS. The lowest BCUT2D eigenvalue weighted by Gasteiger charge is -2.39. The molecule has 3 aliphatic heterocycles. The van der Waals surface area contributed by atoms with Gasteiger partial charge in [-0.3, -0.25) is 4.90 Å². The van der Waals surface area contributed by atoms with Crippen LogP contribution in [0.2, 0.25) is 4.34 Å². The number of rotatable bonds is 4. The van der Waals surface area contributed by atoms with E-state index in [0.717, 1.165) is 43.9 Å². The van der Waals surface area contributed by atoms with Crippen molar-refractivity contribution in [2.75, 3.05) is 53.1 Å². The minimum atomic E-state index is 0.680. The molecule has 0 amide bonds. The molecule has 0 aliphatic carbocycles. The van der Waals surface area contributed by atoms with E-state index in [1.54, 1.807) is 11.3 Å². The van der Waals surface area contributed by atoms with Gasteiger partial charge in [-0.2, -0.15) is 0 Å². The maximum Gasteiger partial charge on any atom is 0.0938 e. The van der Waals surface area contributed by atoms with Crippen molar-refractivity contribution >= 4 is 28.6 Å². The summed E-state index contributed by atoms with van der Waals surface area (Å²) < 4.78 is 6.42. The molecule has 0 unspecified atom stereocenters. The second-order valence-electron chi connectivity index (χ2n) is 7.07. The topological polar surface area (TPSA) is 31.0 Å². The largest absolute Gasteiger partial charge is 0.378 e. The highest BCUT2D eigenvalue weighted by atomic mass is 35.5. The SMILES string of the molecule is CNC1CCN(CN2C=C(N3CCOCC3)c3cc(Cl)sc3C2)CC1. The maximum atomic E-state index is 6.34. The van der Waals surface area contributed by atoms with Gasteiger partial charge in [-0.25, -0.2) is 0 Å². The number of morpholine rings is 1. The normalized spacial score (nSPS) is 22.9. The van der Waals surface area contributed by atoms with E-state index in [1.165, 1.54) is 42.1 Å². The maximum absolute atomic E-state index is 6.34. The third kappa shape index (κ3) is 3.98. The Morgan fingerprint density at radius 3 is 2.72 bits per heavy atom. The van der Waals surface area contributed by atoms with Crippen LogP contribution < -0.4 is 5.32 Å². The summed E-state index contributed by atoms with van der Waals surface area (Å²) in [5.74, 6) is 0. The van der Waals surface area contributed by atoms with E-state index in [1.807, 2.05) is 0 Å². The second-order valence-corrected chi connectivity index (χ2v) is 8.84. The smallest absolute Gasteiger partial charge is 0.0938 e. The fourth-order valence-corrected chi connectivity index (χ4v) is 5.27. The standard InChI is InChI=1S/C18H27ClN4OS/c1-20-14-2-4-21(5-3-14)13-22-11-16(23-6-8-24-9-7-23)15-10-18(19)25-17(15)12-22/h10-11,14,20H,2-9,12-13H2,1H3. The number of piperidine rings is 1. The van der Waals surface area contributed by atoms with Crippen LogP contribution in [0.3, 0.4) is 0 Å². The van der Waals surface area contributed by atoms with E-state index >= 15 is 0 Å². The molecule has 25 heavy (non-hydrogen) atoms. The Hall–Kier alpha value is -0.790. The quantitative estimate of drug-likeness (QED) is 0.864. The van der Waals surface area contributed by atoms with Crippen molar-refractivity contribution in [2.24, 2.45) is 0 Å². The zero-order chi connectivity index (χ0) is 17.2. The first-order valence-corrected chi connectivity index (χ1v) is 10.4. The molecule has 1 aromatic heterocycles. The van der Waals surface area contributed by atoms with Gasteiger partial charge < -0.3 is 19.9 Å². The number of likely N-dealkylation sites (tertiary alicyclic amines) is 1. The number of fused-ring (bicyclic) bond motifs is 1. The predicted molar refractivity (Wildman–Crippen MR) is 104 cm³/mol. The van der Waals surface area contributed by atoms with Gasteiger partial charge in [0.05, 0.1) is 36.5 Å². The molecule has 0 bridgehead atoms. The van der Waals surface area contributed by atoms with E-state index in [2.05, 4.69) is 39.3 Å². The third-order valence-corrected chi connectivity index (χ3v) is 6.68. The van der Waals surface area contributed by atoms with E-state index in [0.29, 0.717) is 6.04 Å². The van der Waals surface area contributed by atoms with E-state index in [9.17, 15) is 0 Å². The number of halogens is 1. The summed E-state index contributed by atoms with van der Waals surface area (Å²) in [5, 5.41) is 3.41. The molecule has 138 valence electrons. The van der Waals surface area contributed by atoms with E-state index < -0.39 is 0 Å². The van der Waals surface area contributed by atoms with Crippen LogP contribution in [0.25, 0.3) is 5.70 Å². The fraction of sp³-hybridized carbons (Fsp3) is 0.667. The van der Waals surface area contributed by atoms with Crippen LogP contribution in [0.5, 0.6) is 0 Å². The van der Waals surface area contributed by atoms with Gasteiger partial charge in [-0.15, -0.1) is 11.3 Å². The molecule has 0 saturated carbocycles. The van der Waals surface area contributed by atoms with Crippen molar-refractivity contribution in [3.05, 3.63) is 27.0 Å². The summed E-state index contributed by atoms with van der Waals surface area (Å²) >= 11 is 8.06. The number of hydrogen-bond donors (Lipinski definition) is 1. The number of ether oxygens (including phenoxy) is 1. The summed E-state index contributed by atoms with van der Waals surface area (Å²) in [7, 11) is 2.07. The van der Waals surface area contributed by atoms with Crippen LogP contribution in [0.4, 0.5) is 0 Å². The van der Waals surface area contributed by atoms with Crippen LogP contribution in [0, 0.1) is 0 Å². The lowest BCUT2D eigenvalue weighted by atomic mass is 10.1. The number of nitrogens with one attached hydrogen (secondary N) is 1. The van der Waals surface area contributed by atoms with Crippen LogP contribution in [-0.4, -0.2) is 73.9 Å². The van der Waals surface area contributed by atoms with Gasteiger partial charge in [0.1, 0.15) is 0 Å². The first kappa shape index (κ1) is 17.6. The lowest BCUT2D eigenvalue weighted by molar-refractivity contribution is 0.0624. The second kappa shape index (κ2) is 7.84. The molecule has 0 atom stereocenters. The van der Waals surface area contributed by atoms with Gasteiger partial charge in [0.25, 0.3) is 0 Å². The van der Waals surface area contributed by atoms with Gasteiger partial charge in [-0.1, -0.05) is 11.6 Å². The Bertz CT molecular complexity index is 621. The van der Waals surface area contributed by atoms with Crippen molar-refractivity contribution in [1.29, 1.82) is 0 Å². The fourth-order valence-electron chi connectivity index (χ4n) is 3.97. The van der Waals surface area contributed by atoms with Crippen molar-refractivity contribution in [3.63, 3.8) is 0 Å². The molecule has 2 fully saturated rings. The first-order valence-electron chi connectivity index (χ1n) is 9.19. The monoisotopic (exact) mass is 382 g/mol.